The Labute approximate surface area is 173 Å². The lowest BCUT2D eigenvalue weighted by Crippen LogP contribution is -2.24. The average Bonchev–Trinajstić information content (AvgIpc) is 3.45. The summed E-state index contributed by atoms with van der Waals surface area (Å²) >= 11 is 3.13. The van der Waals surface area contributed by atoms with Crippen LogP contribution in [0.3, 0.4) is 0 Å². The van der Waals surface area contributed by atoms with Crippen molar-refractivity contribution in [3.8, 4) is 21.8 Å². The quantitative estimate of drug-likeness (QED) is 0.488. The molecule has 1 aliphatic rings. The highest BCUT2D eigenvalue weighted by atomic mass is 32.1. The summed E-state index contributed by atoms with van der Waals surface area (Å²) < 4.78 is 0. The predicted octanol–water partition coefficient (Wildman–Crippen LogP) is 3.82. The number of nitrogens with one attached hydrogen (secondary N) is 2. The molecule has 29 heavy (non-hydrogen) atoms. The maximum atomic E-state index is 12.2. The minimum absolute atomic E-state index is 0.207. The molecule has 0 atom stereocenters. The highest BCUT2D eigenvalue weighted by Crippen LogP contribution is 2.40. The van der Waals surface area contributed by atoms with E-state index in [-0.39, 0.29) is 5.70 Å². The molecule has 9 heteroatoms. The number of imide groups is 1. The molecule has 5 rings (SSSR count). The van der Waals surface area contributed by atoms with Crippen LogP contribution in [-0.2, 0) is 9.59 Å². The third-order valence-electron chi connectivity index (χ3n) is 4.57. The average molecular weight is 419 g/mol. The first-order valence-electron chi connectivity index (χ1n) is 8.69. The fourth-order valence-electron chi connectivity index (χ4n) is 3.09. The molecule has 0 spiro atoms. The number of nitrogens with zero attached hydrogens (tertiary/aromatic N) is 3. The summed E-state index contributed by atoms with van der Waals surface area (Å²) in [6.45, 7) is 1.61. The normalized spacial score (nSPS) is 14.0. The van der Waals surface area contributed by atoms with Crippen molar-refractivity contribution >= 4 is 50.5 Å². The highest BCUT2D eigenvalue weighted by molar-refractivity contribution is 7.18. The van der Waals surface area contributed by atoms with Gasteiger partial charge in [0.2, 0.25) is 0 Å². The molecule has 7 nitrogen and oxygen atoms in total. The number of fused-ring (bicyclic) bond motifs is 1. The second-order valence-corrected chi connectivity index (χ2v) is 8.15. The van der Waals surface area contributed by atoms with E-state index in [1.54, 1.807) is 30.7 Å². The third-order valence-corrected chi connectivity index (χ3v) is 6.35. The van der Waals surface area contributed by atoms with E-state index in [2.05, 4.69) is 15.6 Å². The Bertz CT molecular complexity index is 1290. The lowest BCUT2D eigenvalue weighted by Gasteiger charge is -2.10. The Morgan fingerprint density at radius 1 is 1.03 bits per heavy atom. The van der Waals surface area contributed by atoms with Crippen LogP contribution in [0.15, 0.2) is 58.7 Å². The minimum Gasteiger partial charge on any atom is -0.335 e. The van der Waals surface area contributed by atoms with E-state index in [1.807, 2.05) is 35.0 Å². The first-order chi connectivity index (χ1) is 14.1. The summed E-state index contributed by atoms with van der Waals surface area (Å²) in [6, 6.07) is 7.67. The Hall–Kier alpha value is -3.43. The van der Waals surface area contributed by atoms with Crippen LogP contribution in [-0.4, -0.2) is 26.8 Å². The zero-order valence-corrected chi connectivity index (χ0v) is 16.7. The number of pyridine rings is 1. The molecule has 0 aliphatic carbocycles. The Morgan fingerprint density at radius 3 is 2.55 bits per heavy atom. The number of amides is 2. The Balaban J connectivity index is 1.73. The van der Waals surface area contributed by atoms with Gasteiger partial charge in [-0.3, -0.25) is 19.9 Å². The topological polar surface area (TPSA) is 96.9 Å². The van der Waals surface area contributed by atoms with Crippen molar-refractivity contribution in [2.45, 2.75) is 6.92 Å². The van der Waals surface area contributed by atoms with E-state index < -0.39 is 11.8 Å². The summed E-state index contributed by atoms with van der Waals surface area (Å²) in [6.07, 6.45) is 3.36. The van der Waals surface area contributed by atoms with Gasteiger partial charge in [-0.25, -0.2) is 9.97 Å². The zero-order chi connectivity index (χ0) is 20.0. The van der Waals surface area contributed by atoms with E-state index in [4.69, 9.17) is 9.97 Å². The molecule has 4 aromatic rings. The summed E-state index contributed by atoms with van der Waals surface area (Å²) in [5.74, 6) is 0.147. The van der Waals surface area contributed by atoms with Gasteiger partial charge in [-0.2, -0.15) is 0 Å². The van der Waals surface area contributed by atoms with Crippen LogP contribution in [0.25, 0.3) is 32.0 Å². The molecule has 0 saturated carbocycles. The van der Waals surface area contributed by atoms with Crippen molar-refractivity contribution in [2.24, 2.45) is 0 Å². The summed E-state index contributed by atoms with van der Waals surface area (Å²) in [5, 5.41) is 10.3. The number of anilines is 1. The fraction of sp³-hybridized carbons (Fsp3) is 0.0500. The van der Waals surface area contributed by atoms with Crippen LogP contribution in [0, 0.1) is 0 Å². The van der Waals surface area contributed by atoms with Crippen LogP contribution in [0.5, 0.6) is 0 Å². The first kappa shape index (κ1) is 17.7. The number of rotatable bonds is 4. The molecule has 2 N–H and O–H groups in total. The molecule has 0 aromatic carbocycles. The molecular formula is C20H13N5O2S2. The Morgan fingerprint density at radius 2 is 1.86 bits per heavy atom. The molecule has 0 radical (unpaired) electrons. The lowest BCUT2D eigenvalue weighted by atomic mass is 10.1. The van der Waals surface area contributed by atoms with E-state index in [9.17, 15) is 9.59 Å². The maximum absolute atomic E-state index is 12.2. The largest absolute Gasteiger partial charge is 0.335 e. The number of carbonyl (C=O) groups is 2. The number of thiophene rings is 2. The second-order valence-electron chi connectivity index (χ2n) is 6.35. The molecule has 142 valence electrons. The maximum Gasteiger partial charge on any atom is 0.275 e. The molecule has 0 saturated heterocycles. The first-order valence-corrected chi connectivity index (χ1v) is 10.4. The van der Waals surface area contributed by atoms with Gasteiger partial charge < -0.3 is 5.32 Å². The van der Waals surface area contributed by atoms with Crippen LogP contribution < -0.4 is 10.6 Å². The SMILES string of the molecule is CC1=C(Nc2nc(-c3ccncc3)nc3scc(-c4cccs4)c23)C(=O)NC1=O. The standard InChI is InChI=1S/C20H13N5O2S2/c1-10-15(19(27)25-18(10)26)22-17-14-12(13-3-2-8-28-13)9-29-20(14)24-16(23-17)11-4-6-21-7-5-11/h2-9H,1H3,(H2,22,23,24,25,26,27). The molecule has 0 fully saturated rings. The van der Waals surface area contributed by atoms with Gasteiger partial charge in [0.25, 0.3) is 11.8 Å². The number of aromatic nitrogens is 3. The smallest absolute Gasteiger partial charge is 0.275 e. The molecule has 5 heterocycles. The Kier molecular flexibility index (Phi) is 4.18. The monoisotopic (exact) mass is 419 g/mol. The molecular weight excluding hydrogens is 406 g/mol. The van der Waals surface area contributed by atoms with Crippen molar-refractivity contribution in [1.29, 1.82) is 0 Å². The third kappa shape index (κ3) is 3.00. The fourth-order valence-corrected chi connectivity index (χ4v) is 4.85. The molecule has 1 aliphatic heterocycles. The number of carbonyl (C=O) groups excluding carboxylic acids is 2. The van der Waals surface area contributed by atoms with E-state index in [0.29, 0.717) is 17.2 Å². The van der Waals surface area contributed by atoms with Gasteiger partial charge in [-0.05, 0) is 30.5 Å². The number of hydrogen-bond donors (Lipinski definition) is 2. The van der Waals surface area contributed by atoms with Gasteiger partial charge in [-0.1, -0.05) is 6.07 Å². The van der Waals surface area contributed by atoms with Gasteiger partial charge in [0.15, 0.2) is 5.82 Å². The summed E-state index contributed by atoms with van der Waals surface area (Å²) in [7, 11) is 0. The second kappa shape index (κ2) is 6.87. The molecule has 2 amide bonds. The van der Waals surface area contributed by atoms with E-state index in [1.165, 1.54) is 11.3 Å². The van der Waals surface area contributed by atoms with Gasteiger partial charge in [0.1, 0.15) is 16.3 Å². The van der Waals surface area contributed by atoms with Gasteiger partial charge in [0, 0.05) is 39.4 Å². The summed E-state index contributed by atoms with van der Waals surface area (Å²) in [5.41, 5.74) is 2.35. The predicted molar refractivity (Wildman–Crippen MR) is 113 cm³/mol. The minimum atomic E-state index is -0.461. The van der Waals surface area contributed by atoms with Crippen molar-refractivity contribution in [1.82, 2.24) is 20.3 Å². The van der Waals surface area contributed by atoms with Gasteiger partial charge in [0.05, 0.1) is 5.39 Å². The van der Waals surface area contributed by atoms with Crippen LogP contribution in [0.1, 0.15) is 6.92 Å². The zero-order valence-electron chi connectivity index (χ0n) is 15.1. The highest BCUT2D eigenvalue weighted by Gasteiger charge is 2.28. The van der Waals surface area contributed by atoms with E-state index in [0.717, 1.165) is 26.2 Å². The molecule has 4 aromatic heterocycles. The lowest BCUT2D eigenvalue weighted by molar-refractivity contribution is -0.124. The number of hydrogen-bond acceptors (Lipinski definition) is 8. The van der Waals surface area contributed by atoms with Crippen LogP contribution >= 0.6 is 22.7 Å². The van der Waals surface area contributed by atoms with Crippen LogP contribution in [0.2, 0.25) is 0 Å². The van der Waals surface area contributed by atoms with Crippen LogP contribution in [0.4, 0.5) is 5.82 Å². The van der Waals surface area contributed by atoms with Crippen molar-refractivity contribution in [3.05, 3.63) is 58.7 Å². The van der Waals surface area contributed by atoms with E-state index >= 15 is 0 Å². The molecule has 0 unspecified atom stereocenters. The van der Waals surface area contributed by atoms with Gasteiger partial charge in [-0.15, -0.1) is 22.7 Å². The van der Waals surface area contributed by atoms with Crippen molar-refractivity contribution in [2.75, 3.05) is 5.32 Å². The van der Waals surface area contributed by atoms with Gasteiger partial charge >= 0.3 is 0 Å². The van der Waals surface area contributed by atoms with Crippen molar-refractivity contribution in [3.63, 3.8) is 0 Å². The summed E-state index contributed by atoms with van der Waals surface area (Å²) in [4.78, 5) is 39.5. The van der Waals surface area contributed by atoms with Crippen molar-refractivity contribution < 1.29 is 9.59 Å². The molecule has 0 bridgehead atoms.